The quantitative estimate of drug-likeness (QED) is 0.479. The summed E-state index contributed by atoms with van der Waals surface area (Å²) >= 11 is 0. The second-order valence-electron chi connectivity index (χ2n) is 16.4. The van der Waals surface area contributed by atoms with Gasteiger partial charge in [0.2, 0.25) is 0 Å². The van der Waals surface area contributed by atoms with Crippen molar-refractivity contribution in [3.8, 4) is 0 Å². The van der Waals surface area contributed by atoms with Gasteiger partial charge in [0.25, 0.3) is 0 Å². The van der Waals surface area contributed by atoms with E-state index >= 15 is 0 Å². The van der Waals surface area contributed by atoms with E-state index in [-0.39, 0.29) is 31.2 Å². The van der Waals surface area contributed by atoms with Gasteiger partial charge >= 0.3 is 6.09 Å². The zero-order valence-electron chi connectivity index (χ0n) is 25.5. The van der Waals surface area contributed by atoms with Crippen LogP contribution in [0.2, 0.25) is 0 Å². The minimum Gasteiger partial charge on any atom is -0.446 e. The van der Waals surface area contributed by atoms with E-state index in [9.17, 15) is 15.0 Å². The number of carbonyl (C=O) groups excluding carboxylic acids is 1. The highest BCUT2D eigenvalue weighted by atomic mass is 16.6. The van der Waals surface area contributed by atoms with Gasteiger partial charge in [-0.2, -0.15) is 0 Å². The molecule has 11 atom stereocenters. The van der Waals surface area contributed by atoms with Crippen LogP contribution in [0.3, 0.4) is 0 Å². The van der Waals surface area contributed by atoms with Gasteiger partial charge in [-0.25, -0.2) is 4.79 Å². The molecule has 228 valence electrons. The average molecular weight is 562 g/mol. The normalized spacial score (nSPS) is 50.0. The van der Waals surface area contributed by atoms with Crippen molar-refractivity contribution in [2.24, 2.45) is 45.3 Å². The first-order valence-electron chi connectivity index (χ1n) is 16.4. The Bertz CT molecular complexity index is 1030. The van der Waals surface area contributed by atoms with Crippen molar-refractivity contribution >= 4 is 6.09 Å². The second kappa shape index (κ2) is 9.06. The zero-order chi connectivity index (χ0) is 28.3. The van der Waals surface area contributed by atoms with Crippen LogP contribution in [-0.2, 0) is 14.2 Å². The number of hydrogen-bond acceptors (Lipinski definition) is 6. The molecule has 2 aliphatic heterocycles. The number of aliphatic hydroxyl groups excluding tert-OH is 1. The maximum atomic E-state index is 13.0. The number of fused-ring (bicyclic) bond motifs is 4. The summed E-state index contributed by atoms with van der Waals surface area (Å²) in [5, 5.41) is 21.3. The molecule has 8 unspecified atom stereocenters. The summed E-state index contributed by atoms with van der Waals surface area (Å²) in [5.74, 6) is 2.63. The number of morpholine rings is 1. The van der Waals surface area contributed by atoms with Crippen LogP contribution >= 0.6 is 0 Å². The Labute approximate surface area is 242 Å². The molecule has 2 saturated heterocycles. The van der Waals surface area contributed by atoms with E-state index in [2.05, 4.69) is 20.8 Å². The molecule has 7 heteroatoms. The fourth-order valence-electron chi connectivity index (χ4n) is 12.1. The van der Waals surface area contributed by atoms with Crippen LogP contribution in [0.5, 0.6) is 0 Å². The van der Waals surface area contributed by atoms with Crippen LogP contribution in [0.25, 0.3) is 0 Å². The van der Waals surface area contributed by atoms with Crippen molar-refractivity contribution in [3.05, 3.63) is 0 Å². The fraction of sp³-hybridized carbons (Fsp3) is 0.970. The Kier molecular flexibility index (Phi) is 6.32. The minimum absolute atomic E-state index is 0. The molecule has 5 aliphatic carbocycles. The number of carbonyl (C=O) groups is 1. The van der Waals surface area contributed by atoms with Crippen LogP contribution in [-0.4, -0.2) is 77.5 Å². The topological polar surface area (TPSA) is 88.5 Å². The van der Waals surface area contributed by atoms with E-state index in [4.69, 9.17) is 14.2 Å². The lowest BCUT2D eigenvalue weighted by Gasteiger charge is -2.59. The number of rotatable bonds is 3. The first-order valence-corrected chi connectivity index (χ1v) is 16.4. The minimum atomic E-state index is -1.14. The van der Waals surface area contributed by atoms with E-state index in [0.29, 0.717) is 60.3 Å². The van der Waals surface area contributed by atoms with Gasteiger partial charge in [0.15, 0.2) is 0 Å². The Hall–Kier alpha value is -0.890. The number of ether oxygens (including phenoxy) is 3. The van der Waals surface area contributed by atoms with E-state index in [1.165, 1.54) is 38.5 Å². The largest absolute Gasteiger partial charge is 0.446 e. The fourth-order valence-corrected chi connectivity index (χ4v) is 12.1. The predicted molar refractivity (Wildman–Crippen MR) is 153 cm³/mol. The molecular weight excluding hydrogens is 506 g/mol. The molecule has 2 heterocycles. The van der Waals surface area contributed by atoms with Crippen molar-refractivity contribution in [1.82, 2.24) is 4.90 Å². The predicted octanol–water partition coefficient (Wildman–Crippen LogP) is 5.41. The standard InChI is InChI=1S/C33H53NO6.H2/c1-29(2)25-9-7-20-22-18-24-21(6-8-23(39-24)27(35)30(3,4)37)31(22,5)12-13-32(20)19-33(25,32)11-10-26(29)40-28(36)34-14-16-38-17-15-34;/h20-27,35,37H,6-19H2,1-5H3;1H/t20?,21?,22?,23?,24?,25?,26-,27-,31?,32-,33?;/m0./s1. The van der Waals surface area contributed by atoms with Gasteiger partial charge in [-0.05, 0) is 118 Å². The highest BCUT2D eigenvalue weighted by Crippen LogP contribution is 2.87. The van der Waals surface area contributed by atoms with Gasteiger partial charge in [-0.15, -0.1) is 0 Å². The SMILES string of the molecule is CC12CC[C@@]34CC35CC[C@H](OC(=O)N3CCOCC3)C(C)(C)C5CCC4C1CC1OC([C@H](O)C(C)(C)O)CCC12.[HH]. The molecule has 0 aromatic heterocycles. The Morgan fingerprint density at radius 1 is 0.975 bits per heavy atom. The zero-order valence-corrected chi connectivity index (χ0v) is 25.5. The van der Waals surface area contributed by atoms with Crippen LogP contribution in [0.4, 0.5) is 4.79 Å². The highest BCUT2D eigenvalue weighted by molar-refractivity contribution is 5.68. The van der Waals surface area contributed by atoms with Crippen molar-refractivity contribution in [3.63, 3.8) is 0 Å². The maximum absolute atomic E-state index is 13.0. The van der Waals surface area contributed by atoms with Crippen LogP contribution in [0, 0.1) is 45.3 Å². The molecule has 0 bridgehead atoms. The molecule has 2 spiro atoms. The summed E-state index contributed by atoms with van der Waals surface area (Å²) in [5.41, 5.74) is 0.0373. The van der Waals surface area contributed by atoms with E-state index < -0.39 is 11.7 Å². The molecule has 1 amide bonds. The summed E-state index contributed by atoms with van der Waals surface area (Å²) in [4.78, 5) is 14.9. The lowest BCUT2D eigenvalue weighted by molar-refractivity contribution is -0.177. The van der Waals surface area contributed by atoms with E-state index in [1.54, 1.807) is 13.8 Å². The summed E-state index contributed by atoms with van der Waals surface area (Å²) in [6, 6.07) is 0. The maximum Gasteiger partial charge on any atom is 0.410 e. The molecule has 0 radical (unpaired) electrons. The number of hydrogen-bond donors (Lipinski definition) is 2. The molecule has 7 aliphatic rings. The van der Waals surface area contributed by atoms with E-state index in [0.717, 1.165) is 31.6 Å². The third-order valence-corrected chi connectivity index (χ3v) is 14.1. The van der Waals surface area contributed by atoms with Gasteiger partial charge in [0.1, 0.15) is 12.2 Å². The lowest BCUT2D eigenvalue weighted by Crippen LogP contribution is -2.56. The Morgan fingerprint density at radius 3 is 2.42 bits per heavy atom. The second-order valence-corrected chi connectivity index (χ2v) is 16.4. The van der Waals surface area contributed by atoms with Gasteiger partial charge in [0.05, 0.1) is 31.0 Å². The van der Waals surface area contributed by atoms with Crippen molar-refractivity contribution in [2.75, 3.05) is 26.3 Å². The van der Waals surface area contributed by atoms with Crippen molar-refractivity contribution < 1.29 is 30.6 Å². The van der Waals surface area contributed by atoms with Gasteiger partial charge < -0.3 is 29.3 Å². The van der Waals surface area contributed by atoms with E-state index in [1.807, 2.05) is 4.90 Å². The molecule has 7 nitrogen and oxygen atoms in total. The third-order valence-electron chi connectivity index (χ3n) is 14.1. The molecule has 0 aromatic carbocycles. The van der Waals surface area contributed by atoms with Crippen LogP contribution in [0.15, 0.2) is 0 Å². The van der Waals surface area contributed by atoms with Gasteiger partial charge in [-0.1, -0.05) is 20.8 Å². The highest BCUT2D eigenvalue weighted by Gasteiger charge is 2.81. The van der Waals surface area contributed by atoms with Crippen LogP contribution < -0.4 is 0 Å². The smallest absolute Gasteiger partial charge is 0.410 e. The van der Waals surface area contributed by atoms with Gasteiger partial charge in [-0.3, -0.25) is 0 Å². The molecule has 5 saturated carbocycles. The van der Waals surface area contributed by atoms with Crippen molar-refractivity contribution in [1.29, 1.82) is 0 Å². The number of aliphatic hydroxyl groups is 2. The Balaban J connectivity index is 0.00000302. The van der Waals surface area contributed by atoms with Gasteiger partial charge in [0, 0.05) is 19.9 Å². The first-order chi connectivity index (χ1) is 18.8. The molecule has 40 heavy (non-hydrogen) atoms. The third kappa shape index (κ3) is 3.78. The first kappa shape index (κ1) is 27.9. The summed E-state index contributed by atoms with van der Waals surface area (Å²) in [7, 11) is 0. The molecular formula is C33H55NO6. The Morgan fingerprint density at radius 2 is 1.70 bits per heavy atom. The van der Waals surface area contributed by atoms with Crippen molar-refractivity contribution in [2.45, 2.75) is 129 Å². The molecule has 0 aromatic rings. The molecule has 2 N–H and O–H groups in total. The number of amides is 1. The summed E-state index contributed by atoms with van der Waals surface area (Å²) < 4.78 is 18.4. The average Bonchev–Trinajstić information content (AvgIpc) is 3.49. The summed E-state index contributed by atoms with van der Waals surface area (Å²) in [6.07, 6.45) is 10.7. The molecule has 7 rings (SSSR count). The molecule has 7 fully saturated rings. The number of nitrogens with zero attached hydrogens (tertiary/aromatic N) is 1. The monoisotopic (exact) mass is 561 g/mol. The lowest BCUT2D eigenvalue weighted by atomic mass is 9.46. The van der Waals surface area contributed by atoms with Crippen LogP contribution in [0.1, 0.15) is 100 Å². The summed E-state index contributed by atoms with van der Waals surface area (Å²) in [6.45, 7) is 13.2.